The molecular weight excluding hydrogens is 310 g/mol. The second-order valence-electron chi connectivity index (χ2n) is 5.55. The van der Waals surface area contributed by atoms with Gasteiger partial charge in [0.2, 0.25) is 0 Å². The fourth-order valence-electron chi connectivity index (χ4n) is 2.58. The van der Waals surface area contributed by atoms with Gasteiger partial charge in [-0.1, -0.05) is 19.0 Å². The van der Waals surface area contributed by atoms with Crippen molar-refractivity contribution >= 4 is 23.2 Å². The van der Waals surface area contributed by atoms with Crippen molar-refractivity contribution in [1.29, 1.82) is 0 Å². The van der Waals surface area contributed by atoms with E-state index >= 15 is 0 Å². The van der Waals surface area contributed by atoms with Crippen LogP contribution in [0.1, 0.15) is 42.6 Å². The van der Waals surface area contributed by atoms with Crippen LogP contribution < -0.4 is 15.4 Å². The molecule has 1 aromatic heterocycles. The smallest absolute Gasteiger partial charge is 0.265 e. The first-order chi connectivity index (χ1) is 11.5. The van der Waals surface area contributed by atoms with Gasteiger partial charge in [0.25, 0.3) is 11.8 Å². The van der Waals surface area contributed by atoms with Crippen molar-refractivity contribution in [1.82, 2.24) is 5.16 Å². The maximum absolute atomic E-state index is 12.6. The van der Waals surface area contributed by atoms with E-state index in [-0.39, 0.29) is 11.8 Å². The average molecular weight is 329 g/mol. The second kappa shape index (κ2) is 6.35. The highest BCUT2D eigenvalue weighted by molar-refractivity contribution is 6.06. The SMILES string of the molecule is CCc1noc(CC)c1C(=O)Nc1ccc2c(c1)NC(=O)[C@H](C)O2. The Balaban J connectivity index is 1.84. The van der Waals surface area contributed by atoms with Gasteiger partial charge in [-0.05, 0) is 31.5 Å². The number of nitrogens with one attached hydrogen (secondary N) is 2. The normalized spacial score (nSPS) is 16.1. The molecule has 2 heterocycles. The standard InChI is InChI=1S/C17H19N3O4/c1-4-11-15(13(5-2)24-20-11)17(22)18-10-6-7-14-12(8-10)19-16(21)9(3)23-14/h6-9H,4-5H2,1-3H3,(H,18,22)(H,19,21)/t9-/m0/s1. The summed E-state index contributed by atoms with van der Waals surface area (Å²) in [4.78, 5) is 24.3. The molecule has 126 valence electrons. The number of amides is 2. The molecule has 1 aliphatic rings. The summed E-state index contributed by atoms with van der Waals surface area (Å²) in [5.74, 6) is 0.647. The summed E-state index contributed by atoms with van der Waals surface area (Å²) in [7, 11) is 0. The van der Waals surface area contributed by atoms with E-state index in [0.717, 1.165) is 0 Å². The molecule has 1 atom stereocenters. The van der Waals surface area contributed by atoms with E-state index in [9.17, 15) is 9.59 Å². The Hall–Kier alpha value is -2.83. The monoisotopic (exact) mass is 329 g/mol. The molecule has 0 fully saturated rings. The molecule has 7 nitrogen and oxygen atoms in total. The molecule has 3 rings (SSSR count). The van der Waals surface area contributed by atoms with Crippen LogP contribution in [0.15, 0.2) is 22.7 Å². The zero-order valence-electron chi connectivity index (χ0n) is 13.8. The predicted octanol–water partition coefficient (Wildman–Crippen LogP) is 2.77. The van der Waals surface area contributed by atoms with E-state index < -0.39 is 6.10 Å². The number of carbonyl (C=O) groups excluding carboxylic acids is 2. The molecule has 7 heteroatoms. The van der Waals surface area contributed by atoms with Crippen molar-refractivity contribution < 1.29 is 18.8 Å². The van der Waals surface area contributed by atoms with Crippen LogP contribution in [-0.2, 0) is 17.6 Å². The number of rotatable bonds is 4. The Labute approximate surface area is 139 Å². The molecule has 24 heavy (non-hydrogen) atoms. The minimum atomic E-state index is -0.533. The largest absolute Gasteiger partial charge is 0.479 e. The number of fused-ring (bicyclic) bond motifs is 1. The van der Waals surface area contributed by atoms with E-state index in [2.05, 4.69) is 15.8 Å². The number of aryl methyl sites for hydroxylation is 2. The van der Waals surface area contributed by atoms with Crippen molar-refractivity contribution in [3.05, 3.63) is 35.2 Å². The first kappa shape index (κ1) is 16.0. The van der Waals surface area contributed by atoms with E-state index in [1.165, 1.54) is 0 Å². The zero-order chi connectivity index (χ0) is 17.3. The van der Waals surface area contributed by atoms with Crippen LogP contribution in [0.2, 0.25) is 0 Å². The highest BCUT2D eigenvalue weighted by Gasteiger charge is 2.25. The molecule has 0 aliphatic carbocycles. The van der Waals surface area contributed by atoms with Gasteiger partial charge in [0, 0.05) is 12.1 Å². The number of benzene rings is 1. The second-order valence-corrected chi connectivity index (χ2v) is 5.55. The first-order valence-corrected chi connectivity index (χ1v) is 7.93. The molecule has 0 spiro atoms. The lowest BCUT2D eigenvalue weighted by Crippen LogP contribution is -2.34. The fraction of sp³-hybridized carbons (Fsp3) is 0.353. The quantitative estimate of drug-likeness (QED) is 0.899. The van der Waals surface area contributed by atoms with Crippen LogP contribution >= 0.6 is 0 Å². The van der Waals surface area contributed by atoms with E-state index in [0.29, 0.717) is 47.0 Å². The molecule has 2 aromatic rings. The Morgan fingerprint density at radius 2 is 2.12 bits per heavy atom. The minimum absolute atomic E-state index is 0.216. The molecule has 1 aliphatic heterocycles. The maximum Gasteiger partial charge on any atom is 0.265 e. The van der Waals surface area contributed by atoms with Crippen LogP contribution in [0.5, 0.6) is 5.75 Å². The number of ether oxygens (including phenoxy) is 1. The molecule has 0 bridgehead atoms. The summed E-state index contributed by atoms with van der Waals surface area (Å²) in [6.45, 7) is 5.50. The molecule has 0 saturated carbocycles. The van der Waals surface area contributed by atoms with Crippen molar-refractivity contribution in [3.8, 4) is 5.75 Å². The van der Waals surface area contributed by atoms with E-state index in [1.54, 1.807) is 25.1 Å². The number of aromatic nitrogens is 1. The lowest BCUT2D eigenvalue weighted by molar-refractivity contribution is -0.122. The van der Waals surface area contributed by atoms with Crippen molar-refractivity contribution in [3.63, 3.8) is 0 Å². The maximum atomic E-state index is 12.6. The molecule has 0 saturated heterocycles. The lowest BCUT2D eigenvalue weighted by atomic mass is 10.1. The Morgan fingerprint density at radius 3 is 2.83 bits per heavy atom. The number of hydrogen-bond acceptors (Lipinski definition) is 5. The highest BCUT2D eigenvalue weighted by atomic mass is 16.5. The molecule has 2 amide bonds. The van der Waals surface area contributed by atoms with Gasteiger partial charge in [0.1, 0.15) is 17.1 Å². The van der Waals surface area contributed by atoms with Crippen LogP contribution in [0.25, 0.3) is 0 Å². The third-order valence-corrected chi connectivity index (χ3v) is 3.88. The Bertz CT molecular complexity index is 776. The molecule has 0 unspecified atom stereocenters. The average Bonchev–Trinajstić information content (AvgIpc) is 2.99. The van der Waals surface area contributed by atoms with Gasteiger partial charge in [-0.3, -0.25) is 9.59 Å². The van der Waals surface area contributed by atoms with Gasteiger partial charge in [-0.2, -0.15) is 0 Å². The zero-order valence-corrected chi connectivity index (χ0v) is 13.8. The topological polar surface area (TPSA) is 93.5 Å². The molecule has 2 N–H and O–H groups in total. The lowest BCUT2D eigenvalue weighted by Gasteiger charge is -2.23. The summed E-state index contributed by atoms with van der Waals surface area (Å²) >= 11 is 0. The summed E-state index contributed by atoms with van der Waals surface area (Å²) < 4.78 is 10.7. The van der Waals surface area contributed by atoms with Gasteiger partial charge in [-0.25, -0.2) is 0 Å². The van der Waals surface area contributed by atoms with Crippen molar-refractivity contribution in [2.24, 2.45) is 0 Å². The third kappa shape index (κ3) is 2.84. The first-order valence-electron chi connectivity index (χ1n) is 7.93. The number of anilines is 2. The van der Waals surface area contributed by atoms with Crippen molar-refractivity contribution in [2.45, 2.75) is 39.7 Å². The van der Waals surface area contributed by atoms with Crippen LogP contribution in [-0.4, -0.2) is 23.1 Å². The van der Waals surface area contributed by atoms with Gasteiger partial charge in [-0.15, -0.1) is 0 Å². The van der Waals surface area contributed by atoms with E-state index in [1.807, 2.05) is 13.8 Å². The Morgan fingerprint density at radius 1 is 1.33 bits per heavy atom. The van der Waals surface area contributed by atoms with Crippen LogP contribution in [0.3, 0.4) is 0 Å². The summed E-state index contributed by atoms with van der Waals surface area (Å²) in [5, 5.41) is 9.53. The number of hydrogen-bond donors (Lipinski definition) is 2. The highest BCUT2D eigenvalue weighted by Crippen LogP contribution is 2.32. The fourth-order valence-corrected chi connectivity index (χ4v) is 2.58. The Kier molecular flexibility index (Phi) is 4.24. The summed E-state index contributed by atoms with van der Waals surface area (Å²) in [5.41, 5.74) is 2.20. The summed E-state index contributed by atoms with van der Waals surface area (Å²) in [6, 6.07) is 5.11. The molecular formula is C17H19N3O4. The summed E-state index contributed by atoms with van der Waals surface area (Å²) in [6.07, 6.45) is 0.661. The van der Waals surface area contributed by atoms with Crippen LogP contribution in [0, 0.1) is 0 Å². The molecule has 1 aromatic carbocycles. The molecule has 0 radical (unpaired) electrons. The van der Waals surface area contributed by atoms with Gasteiger partial charge in [0.05, 0.1) is 11.4 Å². The number of nitrogens with zero attached hydrogens (tertiary/aromatic N) is 1. The van der Waals surface area contributed by atoms with Gasteiger partial charge >= 0.3 is 0 Å². The third-order valence-electron chi connectivity index (χ3n) is 3.88. The predicted molar refractivity (Wildman–Crippen MR) is 88.4 cm³/mol. The van der Waals surface area contributed by atoms with Crippen LogP contribution in [0.4, 0.5) is 11.4 Å². The van der Waals surface area contributed by atoms with Crippen molar-refractivity contribution in [2.75, 3.05) is 10.6 Å². The minimum Gasteiger partial charge on any atom is -0.479 e. The number of carbonyl (C=O) groups is 2. The van der Waals surface area contributed by atoms with Gasteiger partial charge < -0.3 is 19.9 Å². The van der Waals surface area contributed by atoms with Gasteiger partial charge in [0.15, 0.2) is 6.10 Å². The van der Waals surface area contributed by atoms with E-state index in [4.69, 9.17) is 9.26 Å².